The number of carbonyl (C=O) groups is 1. The highest BCUT2D eigenvalue weighted by Gasteiger charge is 2.09. The highest BCUT2D eigenvalue weighted by atomic mass is 32.1. The third-order valence-corrected chi connectivity index (χ3v) is 3.02. The van der Waals surface area contributed by atoms with Crippen LogP contribution in [0.1, 0.15) is 15.4 Å². The van der Waals surface area contributed by atoms with Crippen molar-refractivity contribution in [3.8, 4) is 5.75 Å². The molecule has 0 bridgehead atoms. The lowest BCUT2D eigenvalue weighted by atomic mass is 10.2. The van der Waals surface area contributed by atoms with Gasteiger partial charge in [0, 0.05) is 11.6 Å². The molecule has 0 aliphatic heterocycles. The molecule has 0 aliphatic rings. The largest absolute Gasteiger partial charge is 0.484 e. The topological polar surface area (TPSA) is 74.4 Å². The fraction of sp³-hybridized carbons (Fsp3) is 0.167. The van der Waals surface area contributed by atoms with Gasteiger partial charge in [-0.3, -0.25) is 0 Å². The molecule has 2 aromatic rings. The summed E-state index contributed by atoms with van der Waals surface area (Å²) < 4.78 is 10.2. The molecule has 2 rings (SSSR count). The Morgan fingerprint density at radius 2 is 2.33 bits per heavy atom. The van der Waals surface area contributed by atoms with E-state index >= 15 is 0 Å². The summed E-state index contributed by atoms with van der Waals surface area (Å²) in [6.45, 7) is 0.326. The van der Waals surface area contributed by atoms with Crippen molar-refractivity contribution in [3.63, 3.8) is 0 Å². The SMILES string of the molecule is COC(=O)c1ccc(N)c(OCc2nccs2)c1. The van der Waals surface area contributed by atoms with E-state index in [0.717, 1.165) is 5.01 Å². The molecule has 0 saturated heterocycles. The van der Waals surface area contributed by atoms with Crippen LogP contribution in [0.15, 0.2) is 29.8 Å². The number of methoxy groups -OCH3 is 1. The number of nitrogens with zero attached hydrogens (tertiary/aromatic N) is 1. The molecule has 6 heteroatoms. The summed E-state index contributed by atoms with van der Waals surface area (Å²) in [4.78, 5) is 15.5. The molecule has 5 nitrogen and oxygen atoms in total. The third kappa shape index (κ3) is 2.78. The molecule has 18 heavy (non-hydrogen) atoms. The van der Waals surface area contributed by atoms with E-state index < -0.39 is 5.97 Å². The first-order valence-electron chi connectivity index (χ1n) is 5.19. The van der Waals surface area contributed by atoms with Gasteiger partial charge in [0.05, 0.1) is 18.4 Å². The first-order valence-corrected chi connectivity index (χ1v) is 6.07. The number of nitrogen functional groups attached to an aromatic ring is 1. The average Bonchev–Trinajstić information content (AvgIpc) is 2.90. The monoisotopic (exact) mass is 264 g/mol. The second-order valence-corrected chi connectivity index (χ2v) is 4.44. The lowest BCUT2D eigenvalue weighted by molar-refractivity contribution is 0.0600. The minimum Gasteiger partial charge on any atom is -0.484 e. The maximum atomic E-state index is 11.4. The first-order chi connectivity index (χ1) is 8.70. The zero-order valence-corrected chi connectivity index (χ0v) is 10.6. The van der Waals surface area contributed by atoms with Crippen LogP contribution in [0, 0.1) is 0 Å². The zero-order chi connectivity index (χ0) is 13.0. The highest BCUT2D eigenvalue weighted by molar-refractivity contribution is 7.09. The molecule has 1 aromatic heterocycles. The molecule has 0 fully saturated rings. The van der Waals surface area contributed by atoms with E-state index in [2.05, 4.69) is 9.72 Å². The number of hydrogen-bond donors (Lipinski definition) is 1. The van der Waals surface area contributed by atoms with Crippen LogP contribution in [0.3, 0.4) is 0 Å². The summed E-state index contributed by atoms with van der Waals surface area (Å²) in [6.07, 6.45) is 1.71. The number of nitrogens with two attached hydrogens (primary N) is 1. The molecule has 94 valence electrons. The Balaban J connectivity index is 2.13. The standard InChI is InChI=1S/C12H12N2O3S/c1-16-12(15)8-2-3-9(13)10(6-8)17-7-11-14-4-5-18-11/h2-6H,7,13H2,1H3. The van der Waals surface area contributed by atoms with E-state index in [1.54, 1.807) is 24.4 Å². The minimum atomic E-state index is -0.422. The van der Waals surface area contributed by atoms with Crippen LogP contribution in [0.5, 0.6) is 5.75 Å². The van der Waals surface area contributed by atoms with Crippen LogP contribution in [0.4, 0.5) is 5.69 Å². The maximum Gasteiger partial charge on any atom is 0.337 e. The number of carbonyl (C=O) groups excluding carboxylic acids is 1. The van der Waals surface area contributed by atoms with Crippen molar-refractivity contribution < 1.29 is 14.3 Å². The molecule has 1 heterocycles. The van der Waals surface area contributed by atoms with Gasteiger partial charge in [-0.1, -0.05) is 0 Å². The number of hydrogen-bond acceptors (Lipinski definition) is 6. The molecule has 0 spiro atoms. The Kier molecular flexibility index (Phi) is 3.78. The molecule has 0 radical (unpaired) electrons. The Morgan fingerprint density at radius 3 is 3.00 bits per heavy atom. The minimum absolute atomic E-state index is 0.326. The smallest absolute Gasteiger partial charge is 0.337 e. The van der Waals surface area contributed by atoms with E-state index in [9.17, 15) is 4.79 Å². The van der Waals surface area contributed by atoms with Gasteiger partial charge < -0.3 is 15.2 Å². The van der Waals surface area contributed by atoms with Gasteiger partial charge in [-0.15, -0.1) is 11.3 Å². The number of thiazole rings is 1. The van der Waals surface area contributed by atoms with Crippen molar-refractivity contribution in [2.45, 2.75) is 6.61 Å². The molecule has 0 saturated carbocycles. The van der Waals surface area contributed by atoms with E-state index in [-0.39, 0.29) is 0 Å². The van der Waals surface area contributed by atoms with Crippen molar-refractivity contribution in [3.05, 3.63) is 40.3 Å². The van der Waals surface area contributed by atoms with Crippen molar-refractivity contribution in [2.75, 3.05) is 12.8 Å². The number of esters is 1. The number of anilines is 1. The summed E-state index contributed by atoms with van der Waals surface area (Å²) in [7, 11) is 1.33. The zero-order valence-electron chi connectivity index (χ0n) is 9.75. The van der Waals surface area contributed by atoms with Crippen molar-refractivity contribution in [1.82, 2.24) is 4.98 Å². The van der Waals surface area contributed by atoms with Crippen LogP contribution in [-0.2, 0) is 11.3 Å². The molecule has 0 aliphatic carbocycles. The van der Waals surface area contributed by atoms with Crippen molar-refractivity contribution >= 4 is 23.0 Å². The van der Waals surface area contributed by atoms with Crippen LogP contribution < -0.4 is 10.5 Å². The summed E-state index contributed by atoms with van der Waals surface area (Å²) >= 11 is 1.49. The number of aromatic nitrogens is 1. The quantitative estimate of drug-likeness (QED) is 0.676. The molecular weight excluding hydrogens is 252 g/mol. The Bertz CT molecular complexity index is 540. The third-order valence-electron chi connectivity index (χ3n) is 2.27. The van der Waals surface area contributed by atoms with E-state index in [4.69, 9.17) is 10.5 Å². The number of ether oxygens (including phenoxy) is 2. The summed E-state index contributed by atoms with van der Waals surface area (Å²) in [5.41, 5.74) is 6.65. The van der Waals surface area contributed by atoms with Crippen molar-refractivity contribution in [1.29, 1.82) is 0 Å². The van der Waals surface area contributed by atoms with Crippen molar-refractivity contribution in [2.24, 2.45) is 0 Å². The second kappa shape index (κ2) is 5.50. The Labute approximate surface area is 108 Å². The fourth-order valence-electron chi connectivity index (χ4n) is 1.37. The lowest BCUT2D eigenvalue weighted by Gasteiger charge is -2.08. The predicted octanol–water partition coefficient (Wildman–Crippen LogP) is 2.09. The number of benzene rings is 1. The van der Waals surface area contributed by atoms with Gasteiger partial charge in [0.25, 0.3) is 0 Å². The first kappa shape index (κ1) is 12.4. The van der Waals surface area contributed by atoms with E-state index in [1.165, 1.54) is 18.4 Å². The second-order valence-electron chi connectivity index (χ2n) is 3.46. The molecule has 1 aromatic carbocycles. The van der Waals surface area contributed by atoms with Gasteiger partial charge in [0.15, 0.2) is 0 Å². The average molecular weight is 264 g/mol. The lowest BCUT2D eigenvalue weighted by Crippen LogP contribution is -2.04. The maximum absolute atomic E-state index is 11.4. The fourth-order valence-corrected chi connectivity index (χ4v) is 1.90. The van der Waals surface area contributed by atoms with E-state index in [1.807, 2.05) is 5.38 Å². The molecule has 0 unspecified atom stereocenters. The van der Waals surface area contributed by atoms with Gasteiger partial charge in [0.1, 0.15) is 17.4 Å². The van der Waals surface area contributed by atoms with Gasteiger partial charge >= 0.3 is 5.97 Å². The molecule has 2 N–H and O–H groups in total. The van der Waals surface area contributed by atoms with Crippen LogP contribution in [0.2, 0.25) is 0 Å². The highest BCUT2D eigenvalue weighted by Crippen LogP contribution is 2.24. The molecule has 0 atom stereocenters. The van der Waals surface area contributed by atoms with Gasteiger partial charge in [0.2, 0.25) is 0 Å². The van der Waals surface area contributed by atoms with Gasteiger partial charge in [-0.05, 0) is 18.2 Å². The molecule has 0 amide bonds. The summed E-state index contributed by atoms with van der Waals surface area (Å²) in [5, 5.41) is 2.71. The van der Waals surface area contributed by atoms with Crippen LogP contribution in [0.25, 0.3) is 0 Å². The number of rotatable bonds is 4. The van der Waals surface area contributed by atoms with Crippen LogP contribution >= 0.6 is 11.3 Å². The normalized spacial score (nSPS) is 10.1. The summed E-state index contributed by atoms with van der Waals surface area (Å²) in [6, 6.07) is 4.77. The Hall–Kier alpha value is -2.08. The predicted molar refractivity (Wildman–Crippen MR) is 68.6 cm³/mol. The molecular formula is C12H12N2O3S. The van der Waals surface area contributed by atoms with Gasteiger partial charge in [-0.25, -0.2) is 9.78 Å². The van der Waals surface area contributed by atoms with Crippen LogP contribution in [-0.4, -0.2) is 18.1 Å². The van der Waals surface area contributed by atoms with E-state index in [0.29, 0.717) is 23.6 Å². The summed E-state index contributed by atoms with van der Waals surface area (Å²) in [5.74, 6) is 0.0298. The Morgan fingerprint density at radius 1 is 1.50 bits per heavy atom. The van der Waals surface area contributed by atoms with Gasteiger partial charge in [-0.2, -0.15) is 0 Å².